The Kier molecular flexibility index (Phi) is 6.62. The number of hydrogen-bond acceptors (Lipinski definition) is 4. The molecule has 0 spiro atoms. The smallest absolute Gasteiger partial charge is 0.118 e. The molecule has 0 heterocycles. The molecule has 4 nitrogen and oxygen atoms in total. The van der Waals surface area contributed by atoms with Crippen LogP contribution in [-0.4, -0.2) is 29.9 Å². The minimum Gasteiger partial charge on any atom is -0.497 e. The van der Waals surface area contributed by atoms with Crippen molar-refractivity contribution in [1.29, 1.82) is 0 Å². The minimum absolute atomic E-state index is 0.307. The van der Waals surface area contributed by atoms with E-state index in [9.17, 15) is 4.21 Å². The van der Waals surface area contributed by atoms with E-state index in [1.807, 2.05) is 36.4 Å². The lowest BCUT2D eigenvalue weighted by atomic mass is 10.1. The monoisotopic (exact) mass is 351 g/mol. The summed E-state index contributed by atoms with van der Waals surface area (Å²) in [4.78, 5) is 4.87. The fourth-order valence-electron chi connectivity index (χ4n) is 2.03. The maximum atomic E-state index is 12.4. The predicted molar refractivity (Wildman–Crippen MR) is 94.7 cm³/mol. The molecule has 0 aromatic heterocycles. The molecule has 0 amide bonds. The van der Waals surface area contributed by atoms with E-state index in [0.717, 1.165) is 16.9 Å². The van der Waals surface area contributed by atoms with Gasteiger partial charge in [-0.3, -0.25) is 4.21 Å². The molecule has 0 fully saturated rings. The van der Waals surface area contributed by atoms with Gasteiger partial charge in [-0.25, -0.2) is 0 Å². The average molecular weight is 352 g/mol. The van der Waals surface area contributed by atoms with E-state index >= 15 is 0 Å². The van der Waals surface area contributed by atoms with E-state index in [-0.39, 0.29) is 0 Å². The molecular formula is C17H18ClNO3S. The lowest BCUT2D eigenvalue weighted by Crippen LogP contribution is -2.14. The first-order valence-corrected chi connectivity index (χ1v) is 8.83. The van der Waals surface area contributed by atoms with Gasteiger partial charge in [-0.2, -0.15) is 0 Å². The lowest BCUT2D eigenvalue weighted by Gasteiger charge is -2.07. The van der Waals surface area contributed by atoms with Gasteiger partial charge in [0, 0.05) is 27.1 Å². The molecule has 2 rings (SSSR count). The van der Waals surface area contributed by atoms with Crippen molar-refractivity contribution >= 4 is 28.1 Å². The van der Waals surface area contributed by atoms with E-state index in [0.29, 0.717) is 22.2 Å². The van der Waals surface area contributed by atoms with Crippen molar-refractivity contribution in [2.75, 3.05) is 20.0 Å². The molecule has 6 heteroatoms. The maximum Gasteiger partial charge on any atom is 0.118 e. The maximum absolute atomic E-state index is 12.4. The fourth-order valence-corrected chi connectivity index (χ4v) is 3.34. The van der Waals surface area contributed by atoms with E-state index in [2.05, 4.69) is 5.16 Å². The summed E-state index contributed by atoms with van der Waals surface area (Å²) in [6.45, 7) is 0. The van der Waals surface area contributed by atoms with Gasteiger partial charge in [0.15, 0.2) is 0 Å². The van der Waals surface area contributed by atoms with Gasteiger partial charge in [0.2, 0.25) is 0 Å². The molecule has 23 heavy (non-hydrogen) atoms. The quantitative estimate of drug-likeness (QED) is 0.565. The third-order valence-electron chi connectivity index (χ3n) is 3.16. The Bertz CT molecular complexity index is 684. The highest BCUT2D eigenvalue weighted by Crippen LogP contribution is 2.14. The average Bonchev–Trinajstić information content (AvgIpc) is 2.56. The summed E-state index contributed by atoms with van der Waals surface area (Å²) in [5, 5.41) is 4.64. The van der Waals surface area contributed by atoms with Gasteiger partial charge < -0.3 is 9.57 Å². The molecule has 0 aliphatic rings. The third-order valence-corrected chi connectivity index (χ3v) is 4.67. The van der Waals surface area contributed by atoms with Crippen LogP contribution < -0.4 is 4.74 Å². The first-order chi connectivity index (χ1) is 11.1. The molecule has 0 bridgehead atoms. The van der Waals surface area contributed by atoms with Crippen molar-refractivity contribution in [3.63, 3.8) is 0 Å². The van der Waals surface area contributed by atoms with Gasteiger partial charge in [-0.05, 0) is 29.8 Å². The third kappa shape index (κ3) is 5.37. The Morgan fingerprint density at radius 3 is 2.30 bits per heavy atom. The van der Waals surface area contributed by atoms with Gasteiger partial charge in [-0.15, -0.1) is 0 Å². The SMILES string of the molecule is CO/N=C(/C[S@](=O)Cc1ccc(OC)cc1)c1ccc(Cl)cc1. The first-order valence-electron chi connectivity index (χ1n) is 6.96. The Hall–Kier alpha value is -1.85. The van der Waals surface area contributed by atoms with Crippen LogP contribution in [0.5, 0.6) is 5.75 Å². The van der Waals surface area contributed by atoms with Crippen molar-refractivity contribution in [3.8, 4) is 5.75 Å². The Morgan fingerprint density at radius 2 is 1.74 bits per heavy atom. The summed E-state index contributed by atoms with van der Waals surface area (Å²) in [6, 6.07) is 14.8. The largest absolute Gasteiger partial charge is 0.497 e. The van der Waals surface area contributed by atoms with Crippen molar-refractivity contribution in [3.05, 3.63) is 64.7 Å². The Labute approximate surface area is 143 Å². The van der Waals surface area contributed by atoms with Crippen LogP contribution in [0.4, 0.5) is 0 Å². The van der Waals surface area contributed by atoms with Crippen molar-refractivity contribution in [2.45, 2.75) is 5.75 Å². The molecule has 0 saturated carbocycles. The van der Waals surface area contributed by atoms with Crippen molar-refractivity contribution in [2.24, 2.45) is 5.16 Å². The number of rotatable bonds is 7. The lowest BCUT2D eigenvalue weighted by molar-refractivity contribution is 0.213. The molecule has 0 radical (unpaired) electrons. The van der Waals surface area contributed by atoms with E-state index in [4.69, 9.17) is 21.2 Å². The zero-order valence-electron chi connectivity index (χ0n) is 13.0. The molecule has 0 N–H and O–H groups in total. The number of nitrogens with zero attached hydrogens (tertiary/aromatic N) is 1. The fraction of sp³-hybridized carbons (Fsp3) is 0.235. The summed E-state index contributed by atoms with van der Waals surface area (Å²) >= 11 is 5.89. The van der Waals surface area contributed by atoms with Crippen LogP contribution in [0.25, 0.3) is 0 Å². The zero-order chi connectivity index (χ0) is 16.7. The number of methoxy groups -OCH3 is 1. The normalized spacial score (nSPS) is 12.7. The van der Waals surface area contributed by atoms with Gasteiger partial charge in [0.1, 0.15) is 12.9 Å². The van der Waals surface area contributed by atoms with Gasteiger partial charge >= 0.3 is 0 Å². The van der Waals surface area contributed by atoms with Crippen molar-refractivity contribution in [1.82, 2.24) is 0 Å². The zero-order valence-corrected chi connectivity index (χ0v) is 14.6. The van der Waals surface area contributed by atoms with Gasteiger partial charge in [0.05, 0.1) is 18.6 Å². The van der Waals surface area contributed by atoms with Gasteiger partial charge in [-0.1, -0.05) is 41.0 Å². The summed E-state index contributed by atoms with van der Waals surface area (Å²) in [5.74, 6) is 1.53. The number of halogens is 1. The highest BCUT2D eigenvalue weighted by molar-refractivity contribution is 7.85. The van der Waals surface area contributed by atoms with Crippen LogP contribution in [0.15, 0.2) is 53.7 Å². The highest BCUT2D eigenvalue weighted by atomic mass is 35.5. The number of oxime groups is 1. The summed E-state index contributed by atoms with van der Waals surface area (Å²) in [7, 11) is 1.99. The Balaban J connectivity index is 2.05. The van der Waals surface area contributed by atoms with Crippen LogP contribution in [0.1, 0.15) is 11.1 Å². The molecule has 0 saturated heterocycles. The van der Waals surface area contributed by atoms with E-state index in [1.165, 1.54) is 7.11 Å². The first kappa shape index (κ1) is 17.5. The molecule has 0 aliphatic heterocycles. The van der Waals surface area contributed by atoms with Crippen LogP contribution in [0.3, 0.4) is 0 Å². The standard InChI is InChI=1S/C17H18ClNO3S/c1-21-16-9-3-13(4-10-16)11-23(20)12-17(19-22-2)14-5-7-15(18)8-6-14/h3-10H,11-12H2,1-2H3/b19-17-/t23-/m1/s1. The van der Waals surface area contributed by atoms with E-state index < -0.39 is 10.8 Å². The molecule has 122 valence electrons. The second-order valence-corrected chi connectivity index (χ2v) is 6.70. The second kappa shape index (κ2) is 8.70. The second-order valence-electron chi connectivity index (χ2n) is 4.80. The number of hydrogen-bond donors (Lipinski definition) is 0. The summed E-state index contributed by atoms with van der Waals surface area (Å²) in [6.07, 6.45) is 0. The highest BCUT2D eigenvalue weighted by Gasteiger charge is 2.11. The van der Waals surface area contributed by atoms with Gasteiger partial charge in [0.25, 0.3) is 0 Å². The topological polar surface area (TPSA) is 47.9 Å². The molecule has 2 aromatic rings. The van der Waals surface area contributed by atoms with Crippen LogP contribution in [0, 0.1) is 0 Å². The molecule has 0 unspecified atom stereocenters. The molecule has 2 aromatic carbocycles. The molecular weight excluding hydrogens is 334 g/mol. The minimum atomic E-state index is -1.10. The predicted octanol–water partition coefficient (Wildman–Crippen LogP) is 3.65. The Morgan fingerprint density at radius 1 is 1.09 bits per heavy atom. The van der Waals surface area contributed by atoms with Crippen LogP contribution >= 0.6 is 11.6 Å². The number of ether oxygens (including phenoxy) is 1. The summed E-state index contributed by atoms with van der Waals surface area (Å²) in [5.41, 5.74) is 2.47. The van der Waals surface area contributed by atoms with Crippen LogP contribution in [-0.2, 0) is 21.4 Å². The van der Waals surface area contributed by atoms with E-state index in [1.54, 1.807) is 19.2 Å². The summed E-state index contributed by atoms with van der Waals surface area (Å²) < 4.78 is 17.5. The molecule has 0 aliphatic carbocycles. The van der Waals surface area contributed by atoms with Crippen molar-refractivity contribution < 1.29 is 13.8 Å². The van der Waals surface area contributed by atoms with Crippen LogP contribution in [0.2, 0.25) is 5.02 Å². The molecule has 1 atom stereocenters. The number of benzene rings is 2.